The number of nitrogen functional groups attached to an aromatic ring is 1. The van der Waals surface area contributed by atoms with Crippen LogP contribution in [0.1, 0.15) is 27.2 Å². The van der Waals surface area contributed by atoms with E-state index in [0.717, 1.165) is 31.0 Å². The van der Waals surface area contributed by atoms with Crippen LogP contribution < -0.4 is 5.73 Å². The zero-order chi connectivity index (χ0) is 15.5. The molecule has 0 aromatic heterocycles. The van der Waals surface area contributed by atoms with Crippen molar-refractivity contribution in [3.05, 3.63) is 24.3 Å². The van der Waals surface area contributed by atoms with Crippen molar-refractivity contribution in [3.8, 4) is 0 Å². The molecule has 2 rings (SSSR count). The third-order valence-corrected chi connectivity index (χ3v) is 4.51. The van der Waals surface area contributed by atoms with Crippen molar-refractivity contribution < 1.29 is 9.53 Å². The van der Waals surface area contributed by atoms with E-state index in [1.165, 1.54) is 4.90 Å². The second-order valence-corrected chi connectivity index (χ2v) is 7.56. The quantitative estimate of drug-likeness (QED) is 0.684. The topological polar surface area (TPSA) is 55.6 Å². The Labute approximate surface area is 131 Å². The molecule has 0 spiro atoms. The Balaban J connectivity index is 1.79. The van der Waals surface area contributed by atoms with Crippen LogP contribution in [-0.2, 0) is 4.74 Å². The molecule has 0 aliphatic carbocycles. The SMILES string of the molecule is CC(C)(C)OC(=O)N1CCC(CSc2cccc(N)c2)C1. The Hall–Kier alpha value is -1.36. The molecular weight excluding hydrogens is 284 g/mol. The van der Waals surface area contributed by atoms with Gasteiger partial charge in [0.1, 0.15) is 5.60 Å². The van der Waals surface area contributed by atoms with Crippen LogP contribution in [0.25, 0.3) is 0 Å². The van der Waals surface area contributed by atoms with E-state index >= 15 is 0 Å². The molecule has 1 heterocycles. The summed E-state index contributed by atoms with van der Waals surface area (Å²) in [5, 5.41) is 0. The van der Waals surface area contributed by atoms with Crippen molar-refractivity contribution in [2.45, 2.75) is 37.7 Å². The van der Waals surface area contributed by atoms with Gasteiger partial charge in [-0.3, -0.25) is 0 Å². The number of amides is 1. The van der Waals surface area contributed by atoms with Crippen molar-refractivity contribution in [1.82, 2.24) is 4.90 Å². The third-order valence-electron chi connectivity index (χ3n) is 3.28. The number of hydrogen-bond donors (Lipinski definition) is 1. The number of hydrogen-bond acceptors (Lipinski definition) is 4. The Kier molecular flexibility index (Phi) is 5.04. The van der Waals surface area contributed by atoms with Crippen LogP contribution in [0, 0.1) is 5.92 Å². The van der Waals surface area contributed by atoms with Crippen LogP contribution in [0.4, 0.5) is 10.5 Å². The van der Waals surface area contributed by atoms with E-state index in [0.29, 0.717) is 5.92 Å². The third kappa shape index (κ3) is 5.16. The molecule has 4 nitrogen and oxygen atoms in total. The number of rotatable bonds is 3. The second kappa shape index (κ2) is 6.60. The van der Waals surface area contributed by atoms with Crippen molar-refractivity contribution in [1.29, 1.82) is 0 Å². The molecule has 1 saturated heterocycles. The van der Waals surface area contributed by atoms with Crippen LogP contribution in [0.3, 0.4) is 0 Å². The van der Waals surface area contributed by atoms with Crippen LogP contribution >= 0.6 is 11.8 Å². The summed E-state index contributed by atoms with van der Waals surface area (Å²) < 4.78 is 5.41. The van der Waals surface area contributed by atoms with E-state index in [4.69, 9.17) is 10.5 Å². The molecule has 2 N–H and O–H groups in total. The molecule has 1 atom stereocenters. The average molecular weight is 308 g/mol. The minimum atomic E-state index is -0.425. The highest BCUT2D eigenvalue weighted by Crippen LogP contribution is 2.27. The number of ether oxygens (including phenoxy) is 1. The highest BCUT2D eigenvalue weighted by Gasteiger charge is 2.29. The maximum Gasteiger partial charge on any atom is 0.410 e. The predicted molar refractivity (Wildman–Crippen MR) is 87.5 cm³/mol. The zero-order valence-corrected chi connectivity index (χ0v) is 13.8. The van der Waals surface area contributed by atoms with E-state index < -0.39 is 5.60 Å². The first-order valence-electron chi connectivity index (χ1n) is 7.30. The van der Waals surface area contributed by atoms with Crippen molar-refractivity contribution in [3.63, 3.8) is 0 Å². The molecule has 1 unspecified atom stereocenters. The molecule has 21 heavy (non-hydrogen) atoms. The molecule has 1 aromatic rings. The standard InChI is InChI=1S/C16H24N2O2S/c1-16(2,3)20-15(19)18-8-7-12(10-18)11-21-14-6-4-5-13(17)9-14/h4-6,9,12H,7-8,10-11,17H2,1-3H3. The van der Waals surface area contributed by atoms with Gasteiger partial charge < -0.3 is 15.4 Å². The van der Waals surface area contributed by atoms with E-state index in [1.54, 1.807) is 11.8 Å². The number of likely N-dealkylation sites (tertiary alicyclic amines) is 1. The van der Waals surface area contributed by atoms with Crippen molar-refractivity contribution in [2.24, 2.45) is 5.92 Å². The Morgan fingerprint density at radius 1 is 1.48 bits per heavy atom. The van der Waals surface area contributed by atoms with Crippen LogP contribution in [0.5, 0.6) is 0 Å². The summed E-state index contributed by atoms with van der Waals surface area (Å²) in [6.45, 7) is 7.26. The summed E-state index contributed by atoms with van der Waals surface area (Å²) in [4.78, 5) is 15.0. The van der Waals surface area contributed by atoms with Gasteiger partial charge in [0.25, 0.3) is 0 Å². The van der Waals surface area contributed by atoms with E-state index in [2.05, 4.69) is 6.07 Å². The highest BCUT2D eigenvalue weighted by atomic mass is 32.2. The van der Waals surface area contributed by atoms with E-state index in [-0.39, 0.29) is 6.09 Å². The summed E-state index contributed by atoms with van der Waals surface area (Å²) >= 11 is 1.80. The minimum Gasteiger partial charge on any atom is -0.444 e. The van der Waals surface area contributed by atoms with E-state index in [1.807, 2.05) is 43.9 Å². The molecule has 5 heteroatoms. The molecule has 0 bridgehead atoms. The first-order valence-corrected chi connectivity index (χ1v) is 8.28. The van der Waals surface area contributed by atoms with Gasteiger partial charge in [0, 0.05) is 29.4 Å². The molecule has 116 valence electrons. The molecule has 1 amide bonds. The second-order valence-electron chi connectivity index (χ2n) is 6.46. The Morgan fingerprint density at radius 2 is 2.24 bits per heavy atom. The number of benzene rings is 1. The number of nitrogens with two attached hydrogens (primary N) is 1. The van der Waals surface area contributed by atoms with Crippen molar-refractivity contribution in [2.75, 3.05) is 24.6 Å². The van der Waals surface area contributed by atoms with Gasteiger partial charge in [0.15, 0.2) is 0 Å². The first-order chi connectivity index (χ1) is 9.83. The zero-order valence-electron chi connectivity index (χ0n) is 13.0. The fourth-order valence-corrected chi connectivity index (χ4v) is 3.37. The molecule has 1 fully saturated rings. The van der Waals surface area contributed by atoms with Crippen molar-refractivity contribution >= 4 is 23.5 Å². The van der Waals surface area contributed by atoms with Gasteiger partial charge in [-0.2, -0.15) is 0 Å². The smallest absolute Gasteiger partial charge is 0.410 e. The lowest BCUT2D eigenvalue weighted by molar-refractivity contribution is 0.0289. The summed E-state index contributed by atoms with van der Waals surface area (Å²) in [7, 11) is 0. The maximum atomic E-state index is 12.0. The summed E-state index contributed by atoms with van der Waals surface area (Å²) in [6.07, 6.45) is 0.841. The largest absolute Gasteiger partial charge is 0.444 e. The molecule has 1 aromatic carbocycles. The number of carbonyl (C=O) groups is 1. The van der Waals surface area contributed by atoms with Gasteiger partial charge in [-0.1, -0.05) is 6.07 Å². The van der Waals surface area contributed by atoms with Gasteiger partial charge in [0.2, 0.25) is 0 Å². The summed E-state index contributed by atoms with van der Waals surface area (Å²) in [5.74, 6) is 1.52. The summed E-state index contributed by atoms with van der Waals surface area (Å²) in [5.41, 5.74) is 6.15. The minimum absolute atomic E-state index is 0.195. The number of thioether (sulfide) groups is 1. The molecular formula is C16H24N2O2S. The lowest BCUT2D eigenvalue weighted by Gasteiger charge is -2.24. The Bertz CT molecular complexity index is 499. The average Bonchev–Trinajstić information content (AvgIpc) is 2.83. The van der Waals surface area contributed by atoms with Gasteiger partial charge in [-0.05, 0) is 51.3 Å². The lowest BCUT2D eigenvalue weighted by atomic mass is 10.2. The fourth-order valence-electron chi connectivity index (χ4n) is 2.28. The van der Waals surface area contributed by atoms with Gasteiger partial charge >= 0.3 is 6.09 Å². The fraction of sp³-hybridized carbons (Fsp3) is 0.562. The normalized spacial score (nSPS) is 18.8. The molecule has 0 saturated carbocycles. The summed E-state index contributed by atoms with van der Waals surface area (Å²) in [6, 6.07) is 7.93. The van der Waals surface area contributed by atoms with E-state index in [9.17, 15) is 4.79 Å². The predicted octanol–water partition coefficient (Wildman–Crippen LogP) is 3.62. The van der Waals surface area contributed by atoms with Gasteiger partial charge in [-0.25, -0.2) is 4.79 Å². The molecule has 1 aliphatic rings. The van der Waals surface area contributed by atoms with Crippen LogP contribution in [0.2, 0.25) is 0 Å². The van der Waals surface area contributed by atoms with Crippen LogP contribution in [0.15, 0.2) is 29.2 Å². The maximum absolute atomic E-state index is 12.0. The monoisotopic (exact) mass is 308 g/mol. The van der Waals surface area contributed by atoms with Crippen LogP contribution in [-0.4, -0.2) is 35.4 Å². The number of anilines is 1. The highest BCUT2D eigenvalue weighted by molar-refractivity contribution is 7.99. The van der Waals surface area contributed by atoms with Gasteiger partial charge in [0.05, 0.1) is 0 Å². The van der Waals surface area contributed by atoms with Gasteiger partial charge in [-0.15, -0.1) is 11.8 Å². The molecule has 1 aliphatic heterocycles. The number of carbonyl (C=O) groups excluding carboxylic acids is 1. The molecule has 0 radical (unpaired) electrons. The lowest BCUT2D eigenvalue weighted by Crippen LogP contribution is -2.35. The number of nitrogens with zero attached hydrogens (tertiary/aromatic N) is 1. The Morgan fingerprint density at radius 3 is 2.90 bits per heavy atom. The first kappa shape index (κ1) is 16.0.